The van der Waals surface area contributed by atoms with E-state index in [0.29, 0.717) is 0 Å². The third-order valence-electron chi connectivity index (χ3n) is 1.73. The summed E-state index contributed by atoms with van der Waals surface area (Å²) in [5.41, 5.74) is 0. The molecule has 0 atom stereocenters. The fourth-order valence-electron chi connectivity index (χ4n) is 0.987. The van der Waals surface area contributed by atoms with E-state index in [1.54, 1.807) is 3.58 Å². The van der Waals surface area contributed by atoms with Gasteiger partial charge in [0.2, 0.25) is 0 Å². The minimum atomic E-state index is -1.86. The van der Waals surface area contributed by atoms with Crippen LogP contribution in [-0.2, 0) is 0 Å². The Labute approximate surface area is 94.9 Å². The van der Waals surface area contributed by atoms with Crippen LogP contribution in [0.15, 0.2) is 27.1 Å². The average Bonchev–Trinajstić information content (AvgIpc) is 1.82. The molecule has 0 N–H and O–H groups in total. The first kappa shape index (κ1) is 11.1. The second-order valence-corrected chi connectivity index (χ2v) is 20.2. The molecule has 0 spiro atoms. The number of benzene rings is 1. The van der Waals surface area contributed by atoms with E-state index in [-0.39, 0.29) is 0 Å². The zero-order valence-electron chi connectivity index (χ0n) is 7.49. The third-order valence-corrected chi connectivity index (χ3v) is 8.41. The van der Waals surface area contributed by atoms with Crippen molar-refractivity contribution in [2.75, 3.05) is 0 Å². The molecule has 0 unspecified atom stereocenters. The van der Waals surface area contributed by atoms with Crippen LogP contribution in [0, 0.1) is 0 Å². The standard InChI is InChI=1S/C6H3Br2.3CH3.Sn/c7-5-2-1-3-6(8)4-5;;;;/h2-4H;3*1H3;. The van der Waals surface area contributed by atoms with Crippen molar-refractivity contribution in [1.29, 1.82) is 0 Å². The molecule has 0 aromatic heterocycles. The van der Waals surface area contributed by atoms with Gasteiger partial charge in [0, 0.05) is 0 Å². The predicted molar refractivity (Wildman–Crippen MR) is 64.8 cm³/mol. The number of hydrogen-bond acceptors (Lipinski definition) is 0. The first-order chi connectivity index (χ1) is 5.39. The molecule has 0 saturated carbocycles. The van der Waals surface area contributed by atoms with Gasteiger partial charge in [0.05, 0.1) is 0 Å². The Morgan fingerprint density at radius 1 is 0.917 bits per heavy atom. The average molecular weight is 399 g/mol. The molecule has 0 saturated heterocycles. The molecule has 0 amide bonds. The predicted octanol–water partition coefficient (Wildman–Crippen LogP) is 3.76. The molecule has 1 aromatic carbocycles. The fourth-order valence-corrected chi connectivity index (χ4v) is 6.85. The van der Waals surface area contributed by atoms with Gasteiger partial charge in [-0.1, -0.05) is 0 Å². The Morgan fingerprint density at radius 2 is 1.33 bits per heavy atom. The van der Waals surface area contributed by atoms with Gasteiger partial charge >= 0.3 is 95.8 Å². The van der Waals surface area contributed by atoms with Crippen LogP contribution in [0.5, 0.6) is 0 Å². The van der Waals surface area contributed by atoms with Crippen molar-refractivity contribution in [2.24, 2.45) is 0 Å². The van der Waals surface area contributed by atoms with E-state index >= 15 is 0 Å². The summed E-state index contributed by atoms with van der Waals surface area (Å²) in [5.74, 6) is 0. The van der Waals surface area contributed by atoms with Gasteiger partial charge in [0.25, 0.3) is 0 Å². The van der Waals surface area contributed by atoms with Crippen LogP contribution in [0.1, 0.15) is 0 Å². The molecule has 1 rings (SSSR count). The zero-order chi connectivity index (χ0) is 9.35. The number of rotatable bonds is 1. The summed E-state index contributed by atoms with van der Waals surface area (Å²) in [6, 6.07) is 6.59. The van der Waals surface area contributed by atoms with E-state index in [2.05, 4.69) is 64.9 Å². The number of halogens is 2. The van der Waals surface area contributed by atoms with Gasteiger partial charge in [0.15, 0.2) is 0 Å². The quantitative estimate of drug-likeness (QED) is 0.632. The first-order valence-corrected chi connectivity index (χ1v) is 15.4. The van der Waals surface area contributed by atoms with Crippen molar-refractivity contribution in [2.45, 2.75) is 14.8 Å². The summed E-state index contributed by atoms with van der Waals surface area (Å²) in [7, 11) is 0. The van der Waals surface area contributed by atoms with E-state index in [4.69, 9.17) is 0 Å². The number of hydrogen-bond donors (Lipinski definition) is 0. The Kier molecular flexibility index (Phi) is 3.69. The molecule has 0 nitrogen and oxygen atoms in total. The van der Waals surface area contributed by atoms with Crippen LogP contribution in [0.2, 0.25) is 14.8 Å². The van der Waals surface area contributed by atoms with E-state index in [9.17, 15) is 0 Å². The second-order valence-electron chi connectivity index (χ2n) is 3.91. The van der Waals surface area contributed by atoms with Gasteiger partial charge < -0.3 is 0 Å². The molecule has 1 aromatic rings. The third kappa shape index (κ3) is 3.04. The van der Waals surface area contributed by atoms with Crippen LogP contribution >= 0.6 is 31.9 Å². The monoisotopic (exact) mass is 398 g/mol. The second kappa shape index (κ2) is 4.01. The normalized spacial score (nSPS) is 11.8. The Hall–Kier alpha value is 0.979. The summed E-state index contributed by atoms with van der Waals surface area (Å²) in [6.45, 7) is 0. The van der Waals surface area contributed by atoms with E-state index in [1.165, 1.54) is 8.95 Å². The van der Waals surface area contributed by atoms with Crippen LogP contribution < -0.4 is 3.58 Å². The first-order valence-electron chi connectivity index (χ1n) is 3.86. The van der Waals surface area contributed by atoms with Gasteiger partial charge in [-0.3, -0.25) is 0 Å². The molecule has 66 valence electrons. The topological polar surface area (TPSA) is 0 Å². The van der Waals surface area contributed by atoms with Gasteiger partial charge in [-0.25, -0.2) is 0 Å². The SMILES string of the molecule is [CH3][Sn]([CH3])([CH3])[c]1cc(Br)cc(Br)c1. The summed E-state index contributed by atoms with van der Waals surface area (Å²) in [6.07, 6.45) is 0. The molecule has 0 aliphatic rings. The molecule has 12 heavy (non-hydrogen) atoms. The minimum absolute atomic E-state index is 1.18. The molecular weight excluding hydrogens is 387 g/mol. The van der Waals surface area contributed by atoms with Gasteiger partial charge in [-0.15, -0.1) is 0 Å². The molecule has 0 heterocycles. The van der Waals surface area contributed by atoms with E-state index < -0.39 is 18.4 Å². The molecule has 3 heteroatoms. The maximum absolute atomic E-state index is 3.51. The molecule has 0 fully saturated rings. The van der Waals surface area contributed by atoms with Gasteiger partial charge in [0.1, 0.15) is 0 Å². The van der Waals surface area contributed by atoms with Crippen molar-refractivity contribution >= 4 is 53.8 Å². The molecule has 0 bridgehead atoms. The van der Waals surface area contributed by atoms with Crippen LogP contribution in [0.3, 0.4) is 0 Å². The summed E-state index contributed by atoms with van der Waals surface area (Å²) >= 11 is 5.16. The maximum atomic E-state index is 3.51. The van der Waals surface area contributed by atoms with Crippen molar-refractivity contribution in [3.05, 3.63) is 27.1 Å². The van der Waals surface area contributed by atoms with Crippen molar-refractivity contribution in [1.82, 2.24) is 0 Å². The van der Waals surface area contributed by atoms with Gasteiger partial charge in [-0.2, -0.15) is 0 Å². The van der Waals surface area contributed by atoms with Crippen LogP contribution in [0.25, 0.3) is 0 Å². The van der Waals surface area contributed by atoms with Crippen molar-refractivity contribution < 1.29 is 0 Å². The zero-order valence-corrected chi connectivity index (χ0v) is 13.5. The molecule has 0 radical (unpaired) electrons. The van der Waals surface area contributed by atoms with Crippen LogP contribution in [-0.4, -0.2) is 18.4 Å². The van der Waals surface area contributed by atoms with E-state index in [1.807, 2.05) is 0 Å². The summed E-state index contributed by atoms with van der Waals surface area (Å²) < 4.78 is 3.91. The van der Waals surface area contributed by atoms with E-state index in [0.717, 1.165) is 0 Å². The van der Waals surface area contributed by atoms with Crippen molar-refractivity contribution in [3.8, 4) is 0 Å². The Balaban J connectivity index is 3.18. The van der Waals surface area contributed by atoms with Crippen LogP contribution in [0.4, 0.5) is 0 Å². The Morgan fingerprint density at radius 3 is 1.67 bits per heavy atom. The molecule has 0 aliphatic heterocycles. The fraction of sp³-hybridized carbons (Fsp3) is 0.333. The molecule has 0 aliphatic carbocycles. The van der Waals surface area contributed by atoms with Gasteiger partial charge in [-0.05, 0) is 0 Å². The summed E-state index contributed by atoms with van der Waals surface area (Å²) in [4.78, 5) is 7.26. The van der Waals surface area contributed by atoms with Crippen molar-refractivity contribution in [3.63, 3.8) is 0 Å². The molecular formula is C9H12Br2Sn. The summed E-state index contributed by atoms with van der Waals surface area (Å²) in [5, 5.41) is 0. The Bertz CT molecular complexity index is 269.